The Morgan fingerprint density at radius 1 is 1.24 bits per heavy atom. The molecular weight excluding hydrogens is 266 g/mol. The summed E-state index contributed by atoms with van der Waals surface area (Å²) in [5.41, 5.74) is 3.13. The van der Waals surface area contributed by atoms with E-state index in [0.717, 1.165) is 16.6 Å². The van der Waals surface area contributed by atoms with Crippen LogP contribution in [0.1, 0.15) is 10.4 Å². The number of hydrogen-bond donors (Lipinski definition) is 2. The summed E-state index contributed by atoms with van der Waals surface area (Å²) in [5, 5.41) is 2.77. The lowest BCUT2D eigenvalue weighted by Crippen LogP contribution is -2.13. The van der Waals surface area contributed by atoms with E-state index in [2.05, 4.69) is 20.3 Å². The number of para-hydroxylation sites is 2. The van der Waals surface area contributed by atoms with Gasteiger partial charge in [0.15, 0.2) is 0 Å². The van der Waals surface area contributed by atoms with Crippen molar-refractivity contribution in [2.75, 3.05) is 5.32 Å². The normalized spacial score (nSPS) is 11.0. The van der Waals surface area contributed by atoms with Crippen molar-refractivity contribution in [1.29, 1.82) is 0 Å². The Morgan fingerprint density at radius 3 is 3.05 bits per heavy atom. The number of aromatic amines is 1. The van der Waals surface area contributed by atoms with E-state index < -0.39 is 0 Å². The van der Waals surface area contributed by atoms with Gasteiger partial charge in [0.1, 0.15) is 0 Å². The first-order chi connectivity index (χ1) is 10.3. The van der Waals surface area contributed by atoms with Crippen LogP contribution in [-0.2, 0) is 0 Å². The third-order valence-corrected chi connectivity index (χ3v) is 3.30. The first-order valence-electron chi connectivity index (χ1n) is 6.47. The summed E-state index contributed by atoms with van der Waals surface area (Å²) in [4.78, 5) is 23.7. The molecule has 0 radical (unpaired) electrons. The highest BCUT2D eigenvalue weighted by Crippen LogP contribution is 2.14. The van der Waals surface area contributed by atoms with Crippen molar-refractivity contribution in [3.63, 3.8) is 0 Å². The molecule has 0 unspecified atom stereocenters. The van der Waals surface area contributed by atoms with Crippen LogP contribution in [0.4, 0.5) is 5.95 Å². The molecule has 0 atom stereocenters. The van der Waals surface area contributed by atoms with Crippen molar-refractivity contribution < 1.29 is 4.79 Å². The SMILES string of the molecule is O=C(Nc1nc2ccccc2[nH]1)c1ccn2cncc2c1. The predicted molar refractivity (Wildman–Crippen MR) is 79.2 cm³/mol. The van der Waals surface area contributed by atoms with Crippen molar-refractivity contribution >= 4 is 28.4 Å². The van der Waals surface area contributed by atoms with Crippen LogP contribution in [0.5, 0.6) is 0 Å². The van der Waals surface area contributed by atoms with Crippen LogP contribution in [0, 0.1) is 0 Å². The van der Waals surface area contributed by atoms with E-state index in [4.69, 9.17) is 0 Å². The average molecular weight is 277 g/mol. The minimum atomic E-state index is -0.210. The molecule has 6 nitrogen and oxygen atoms in total. The van der Waals surface area contributed by atoms with Gasteiger partial charge >= 0.3 is 0 Å². The molecule has 3 heterocycles. The maximum atomic E-state index is 12.3. The van der Waals surface area contributed by atoms with Crippen molar-refractivity contribution in [2.24, 2.45) is 0 Å². The molecule has 0 spiro atoms. The van der Waals surface area contributed by atoms with E-state index in [1.54, 1.807) is 30.9 Å². The largest absolute Gasteiger partial charge is 0.324 e. The lowest BCUT2D eigenvalue weighted by atomic mass is 10.2. The molecule has 1 aromatic carbocycles. The van der Waals surface area contributed by atoms with Gasteiger partial charge in [-0.1, -0.05) is 12.1 Å². The van der Waals surface area contributed by atoms with Gasteiger partial charge in [0.05, 0.1) is 29.1 Å². The lowest BCUT2D eigenvalue weighted by molar-refractivity contribution is 0.102. The highest BCUT2D eigenvalue weighted by Gasteiger charge is 2.09. The number of H-pyrrole nitrogens is 1. The number of fused-ring (bicyclic) bond motifs is 2. The molecule has 21 heavy (non-hydrogen) atoms. The fourth-order valence-corrected chi connectivity index (χ4v) is 2.25. The second kappa shape index (κ2) is 4.45. The van der Waals surface area contributed by atoms with E-state index >= 15 is 0 Å². The minimum Gasteiger partial charge on any atom is -0.324 e. The standard InChI is InChI=1S/C15H11N5O/c21-14(10-5-6-20-9-16-8-11(20)7-10)19-15-17-12-3-1-2-4-13(12)18-15/h1-9H,(H2,17,18,19,21). The van der Waals surface area contributed by atoms with Gasteiger partial charge in [-0.05, 0) is 24.3 Å². The van der Waals surface area contributed by atoms with Gasteiger partial charge in [0, 0.05) is 11.8 Å². The number of aromatic nitrogens is 4. The smallest absolute Gasteiger partial charge is 0.258 e. The first-order valence-corrected chi connectivity index (χ1v) is 6.47. The predicted octanol–water partition coefficient (Wildman–Crippen LogP) is 2.46. The molecular formula is C15H11N5O. The molecule has 2 N–H and O–H groups in total. The number of pyridine rings is 1. The van der Waals surface area contributed by atoms with Gasteiger partial charge in [0.2, 0.25) is 5.95 Å². The molecule has 0 saturated heterocycles. The van der Waals surface area contributed by atoms with Gasteiger partial charge in [-0.25, -0.2) is 9.97 Å². The Kier molecular flexibility index (Phi) is 2.47. The number of nitrogens with zero attached hydrogens (tertiary/aromatic N) is 3. The summed E-state index contributed by atoms with van der Waals surface area (Å²) in [5.74, 6) is 0.229. The number of amides is 1. The van der Waals surface area contributed by atoms with Crippen LogP contribution in [0.2, 0.25) is 0 Å². The summed E-state index contributed by atoms with van der Waals surface area (Å²) in [6.45, 7) is 0. The van der Waals surface area contributed by atoms with Crippen LogP contribution in [-0.4, -0.2) is 25.3 Å². The average Bonchev–Trinajstić information content (AvgIpc) is 3.11. The molecule has 1 amide bonds. The zero-order valence-corrected chi connectivity index (χ0v) is 10.9. The van der Waals surface area contributed by atoms with Gasteiger partial charge in [-0.15, -0.1) is 0 Å². The van der Waals surface area contributed by atoms with Gasteiger partial charge < -0.3 is 9.38 Å². The van der Waals surface area contributed by atoms with Crippen molar-refractivity contribution in [3.05, 3.63) is 60.7 Å². The van der Waals surface area contributed by atoms with Gasteiger partial charge in [-0.2, -0.15) is 0 Å². The Bertz CT molecular complexity index is 920. The molecule has 0 bridgehead atoms. The third kappa shape index (κ3) is 2.02. The molecule has 0 saturated carbocycles. The number of anilines is 1. The van der Waals surface area contributed by atoms with Crippen LogP contribution >= 0.6 is 0 Å². The van der Waals surface area contributed by atoms with Crippen molar-refractivity contribution in [2.45, 2.75) is 0 Å². The highest BCUT2D eigenvalue weighted by atomic mass is 16.1. The lowest BCUT2D eigenvalue weighted by Gasteiger charge is -2.02. The number of imidazole rings is 2. The summed E-state index contributed by atoms with van der Waals surface area (Å²) >= 11 is 0. The second-order valence-corrected chi connectivity index (χ2v) is 4.70. The Hall–Kier alpha value is -3.15. The number of carbonyl (C=O) groups excluding carboxylic acids is 1. The van der Waals surface area contributed by atoms with Crippen LogP contribution in [0.15, 0.2) is 55.1 Å². The molecule has 0 fully saturated rings. The van der Waals surface area contributed by atoms with E-state index in [9.17, 15) is 4.79 Å². The maximum absolute atomic E-state index is 12.3. The monoisotopic (exact) mass is 277 g/mol. The zero-order valence-electron chi connectivity index (χ0n) is 10.9. The topological polar surface area (TPSA) is 75.1 Å². The fraction of sp³-hybridized carbons (Fsp3) is 0. The number of benzene rings is 1. The van der Waals surface area contributed by atoms with E-state index in [-0.39, 0.29) is 5.91 Å². The van der Waals surface area contributed by atoms with Crippen LogP contribution < -0.4 is 5.32 Å². The molecule has 102 valence electrons. The molecule has 4 aromatic rings. The van der Waals surface area contributed by atoms with Crippen LogP contribution in [0.3, 0.4) is 0 Å². The third-order valence-electron chi connectivity index (χ3n) is 3.30. The van der Waals surface area contributed by atoms with Crippen molar-refractivity contribution in [1.82, 2.24) is 19.4 Å². The number of rotatable bonds is 2. The molecule has 3 aromatic heterocycles. The molecule has 0 aliphatic carbocycles. The zero-order chi connectivity index (χ0) is 14.2. The van der Waals surface area contributed by atoms with E-state index in [1.807, 2.05) is 28.7 Å². The summed E-state index contributed by atoms with van der Waals surface area (Å²) in [6, 6.07) is 11.1. The molecule has 4 rings (SSSR count). The molecule has 0 aliphatic heterocycles. The number of nitrogens with one attached hydrogen (secondary N) is 2. The molecule has 6 heteroatoms. The van der Waals surface area contributed by atoms with Gasteiger partial charge in [-0.3, -0.25) is 10.1 Å². The fourth-order valence-electron chi connectivity index (χ4n) is 2.25. The molecule has 0 aliphatic rings. The highest BCUT2D eigenvalue weighted by molar-refractivity contribution is 6.04. The first kappa shape index (κ1) is 11.7. The van der Waals surface area contributed by atoms with Crippen molar-refractivity contribution in [3.8, 4) is 0 Å². The summed E-state index contributed by atoms with van der Waals surface area (Å²) < 4.78 is 1.85. The van der Waals surface area contributed by atoms with E-state index in [1.165, 1.54) is 0 Å². The number of carbonyl (C=O) groups is 1. The number of hydrogen-bond acceptors (Lipinski definition) is 3. The Labute approximate surface area is 119 Å². The quantitative estimate of drug-likeness (QED) is 0.591. The Balaban J connectivity index is 1.64. The maximum Gasteiger partial charge on any atom is 0.258 e. The van der Waals surface area contributed by atoms with E-state index in [0.29, 0.717) is 11.5 Å². The Morgan fingerprint density at radius 2 is 2.14 bits per heavy atom. The summed E-state index contributed by atoms with van der Waals surface area (Å²) in [6.07, 6.45) is 5.20. The second-order valence-electron chi connectivity index (χ2n) is 4.70. The van der Waals surface area contributed by atoms with Crippen LogP contribution in [0.25, 0.3) is 16.6 Å². The summed E-state index contributed by atoms with van der Waals surface area (Å²) in [7, 11) is 0. The van der Waals surface area contributed by atoms with Gasteiger partial charge in [0.25, 0.3) is 5.91 Å². The minimum absolute atomic E-state index is 0.210.